The molecule has 0 unspecified atom stereocenters. The fraction of sp³-hybridized carbons (Fsp3) is 0.471. The van der Waals surface area contributed by atoms with Crippen molar-refractivity contribution in [3.63, 3.8) is 0 Å². The topological polar surface area (TPSA) is 92.7 Å². The van der Waals surface area contributed by atoms with Gasteiger partial charge in [-0.2, -0.15) is 0 Å². The van der Waals surface area contributed by atoms with Gasteiger partial charge in [0.05, 0.1) is 30.2 Å². The summed E-state index contributed by atoms with van der Waals surface area (Å²) in [4.78, 5) is 36.0. The molecule has 2 aliphatic carbocycles. The number of aliphatic carboxylic acids is 1. The molecule has 0 heterocycles. The second-order valence-electron chi connectivity index (χ2n) is 6.25. The Kier molecular flexibility index (Phi) is 4.07. The predicted molar refractivity (Wildman–Crippen MR) is 81.9 cm³/mol. The number of fused-ring (bicyclic) bond motifs is 2. The molecule has 122 valence electrons. The van der Waals surface area contributed by atoms with Crippen molar-refractivity contribution in [1.82, 2.24) is 0 Å². The van der Waals surface area contributed by atoms with E-state index < -0.39 is 23.8 Å². The zero-order chi connectivity index (χ0) is 16.6. The first-order valence-electron chi connectivity index (χ1n) is 7.74. The molecule has 3 rings (SSSR count). The number of rotatable bonds is 4. The third-order valence-corrected chi connectivity index (χ3v) is 5.09. The number of methoxy groups -OCH3 is 1. The first-order valence-corrected chi connectivity index (χ1v) is 7.74. The van der Waals surface area contributed by atoms with E-state index in [0.29, 0.717) is 5.69 Å². The highest BCUT2D eigenvalue weighted by Crippen LogP contribution is 2.52. The van der Waals surface area contributed by atoms with E-state index >= 15 is 0 Å². The van der Waals surface area contributed by atoms with E-state index in [0.717, 1.165) is 19.3 Å². The molecular formula is C17H19NO5. The standard InChI is InChI=1S/C17H19NO5/c1-23-17(22)11-4-2-3-5-12(11)18-15(19)13-9-6-7-10(8-9)14(13)16(20)21/h2-5,9-10,13-14H,6-8H2,1H3,(H,18,19)(H,20,21)/t9-,10-,13+,14-/m0/s1. The average molecular weight is 317 g/mol. The summed E-state index contributed by atoms with van der Waals surface area (Å²) in [6, 6.07) is 6.57. The number of hydrogen-bond donors (Lipinski definition) is 2. The molecule has 0 saturated heterocycles. The number of anilines is 1. The van der Waals surface area contributed by atoms with Crippen LogP contribution in [0.3, 0.4) is 0 Å². The van der Waals surface area contributed by atoms with Crippen LogP contribution in [0.25, 0.3) is 0 Å². The van der Waals surface area contributed by atoms with Crippen molar-refractivity contribution in [2.24, 2.45) is 23.7 Å². The summed E-state index contributed by atoms with van der Waals surface area (Å²) in [7, 11) is 1.28. The van der Waals surface area contributed by atoms with Gasteiger partial charge in [-0.05, 0) is 43.2 Å². The summed E-state index contributed by atoms with van der Waals surface area (Å²) in [6.07, 6.45) is 2.57. The number of nitrogens with one attached hydrogen (secondary N) is 1. The number of carbonyl (C=O) groups is 3. The molecule has 0 aromatic heterocycles. The molecule has 0 radical (unpaired) electrons. The van der Waals surface area contributed by atoms with Crippen molar-refractivity contribution in [3.8, 4) is 0 Å². The molecule has 2 bridgehead atoms. The summed E-state index contributed by atoms with van der Waals surface area (Å²) in [6.45, 7) is 0. The first-order chi connectivity index (χ1) is 11.0. The molecule has 0 spiro atoms. The second-order valence-corrected chi connectivity index (χ2v) is 6.25. The highest BCUT2D eigenvalue weighted by atomic mass is 16.5. The quantitative estimate of drug-likeness (QED) is 0.830. The number of carboxylic acids is 1. The van der Waals surface area contributed by atoms with E-state index in [1.165, 1.54) is 7.11 Å². The molecule has 23 heavy (non-hydrogen) atoms. The normalized spacial score (nSPS) is 28.4. The molecule has 2 fully saturated rings. The maximum absolute atomic E-state index is 12.7. The Hall–Kier alpha value is -2.37. The molecule has 6 nitrogen and oxygen atoms in total. The number of esters is 1. The van der Waals surface area contributed by atoms with Crippen LogP contribution in [0.4, 0.5) is 5.69 Å². The lowest BCUT2D eigenvalue weighted by molar-refractivity contribution is -0.148. The number of carbonyl (C=O) groups excluding carboxylic acids is 2. The van der Waals surface area contributed by atoms with E-state index in [2.05, 4.69) is 5.32 Å². The lowest BCUT2D eigenvalue weighted by atomic mass is 9.78. The number of ether oxygens (including phenoxy) is 1. The number of benzene rings is 1. The second kappa shape index (κ2) is 6.02. The maximum atomic E-state index is 12.7. The summed E-state index contributed by atoms with van der Waals surface area (Å²) >= 11 is 0. The van der Waals surface area contributed by atoms with Crippen LogP contribution in [0.2, 0.25) is 0 Å². The van der Waals surface area contributed by atoms with Crippen LogP contribution in [0.15, 0.2) is 24.3 Å². The van der Waals surface area contributed by atoms with Gasteiger partial charge in [-0.25, -0.2) is 4.79 Å². The highest BCUT2D eigenvalue weighted by Gasteiger charge is 2.54. The van der Waals surface area contributed by atoms with Crippen LogP contribution in [0.1, 0.15) is 29.6 Å². The van der Waals surface area contributed by atoms with Gasteiger partial charge in [0.25, 0.3) is 0 Å². The zero-order valence-corrected chi connectivity index (χ0v) is 12.8. The van der Waals surface area contributed by atoms with E-state index in [9.17, 15) is 19.5 Å². The fourth-order valence-corrected chi connectivity index (χ4v) is 4.12. The largest absolute Gasteiger partial charge is 0.481 e. The number of para-hydroxylation sites is 1. The van der Waals surface area contributed by atoms with Crippen LogP contribution in [-0.2, 0) is 14.3 Å². The first kappa shape index (κ1) is 15.5. The molecule has 2 N–H and O–H groups in total. The van der Waals surface area contributed by atoms with Gasteiger partial charge in [-0.1, -0.05) is 12.1 Å². The van der Waals surface area contributed by atoms with Gasteiger partial charge in [-0.15, -0.1) is 0 Å². The van der Waals surface area contributed by atoms with Gasteiger partial charge >= 0.3 is 11.9 Å². The fourth-order valence-electron chi connectivity index (χ4n) is 4.12. The summed E-state index contributed by atoms with van der Waals surface area (Å²) in [5.74, 6) is -2.71. The van der Waals surface area contributed by atoms with Crippen molar-refractivity contribution < 1.29 is 24.2 Å². The lowest BCUT2D eigenvalue weighted by Gasteiger charge is -2.27. The Labute approximate surface area is 133 Å². The summed E-state index contributed by atoms with van der Waals surface area (Å²) in [5.41, 5.74) is 0.620. The lowest BCUT2D eigenvalue weighted by Crippen LogP contribution is -2.38. The SMILES string of the molecule is COC(=O)c1ccccc1NC(=O)[C@@H]1[C@H]2CC[C@@H](C2)[C@@H]1C(=O)O. The average Bonchev–Trinajstić information content (AvgIpc) is 3.15. The van der Waals surface area contributed by atoms with Gasteiger partial charge in [0.1, 0.15) is 0 Å². The van der Waals surface area contributed by atoms with Gasteiger partial charge in [0.2, 0.25) is 5.91 Å². The third-order valence-electron chi connectivity index (χ3n) is 5.09. The minimum Gasteiger partial charge on any atom is -0.481 e. The third kappa shape index (κ3) is 2.69. The minimum atomic E-state index is -0.904. The number of amides is 1. The molecular weight excluding hydrogens is 298 g/mol. The molecule has 1 aromatic rings. The number of hydrogen-bond acceptors (Lipinski definition) is 4. The summed E-state index contributed by atoms with van der Waals surface area (Å²) in [5, 5.41) is 12.2. The van der Waals surface area contributed by atoms with E-state index in [1.807, 2.05) is 0 Å². The van der Waals surface area contributed by atoms with Crippen molar-refractivity contribution in [3.05, 3.63) is 29.8 Å². The maximum Gasteiger partial charge on any atom is 0.339 e. The van der Waals surface area contributed by atoms with Crippen LogP contribution >= 0.6 is 0 Å². The Morgan fingerprint density at radius 1 is 1.13 bits per heavy atom. The summed E-state index contributed by atoms with van der Waals surface area (Å²) < 4.78 is 4.71. The molecule has 2 saturated carbocycles. The van der Waals surface area contributed by atoms with Crippen LogP contribution in [0, 0.1) is 23.7 Å². The van der Waals surface area contributed by atoms with Crippen LogP contribution in [0.5, 0.6) is 0 Å². The van der Waals surface area contributed by atoms with Crippen molar-refractivity contribution in [1.29, 1.82) is 0 Å². The van der Waals surface area contributed by atoms with Gasteiger partial charge in [0, 0.05) is 0 Å². The smallest absolute Gasteiger partial charge is 0.339 e. The van der Waals surface area contributed by atoms with E-state index in [4.69, 9.17) is 4.74 Å². The van der Waals surface area contributed by atoms with Crippen LogP contribution < -0.4 is 5.32 Å². The monoisotopic (exact) mass is 317 g/mol. The van der Waals surface area contributed by atoms with Crippen LogP contribution in [-0.4, -0.2) is 30.1 Å². The molecule has 2 aliphatic rings. The Balaban J connectivity index is 1.82. The molecule has 1 aromatic carbocycles. The molecule has 4 atom stereocenters. The molecule has 6 heteroatoms. The van der Waals surface area contributed by atoms with Gasteiger partial charge in [-0.3, -0.25) is 9.59 Å². The van der Waals surface area contributed by atoms with E-state index in [1.54, 1.807) is 24.3 Å². The van der Waals surface area contributed by atoms with E-state index in [-0.39, 0.29) is 23.3 Å². The van der Waals surface area contributed by atoms with Gasteiger partial charge in [0.15, 0.2) is 0 Å². The minimum absolute atomic E-state index is 0.0871. The Morgan fingerprint density at radius 2 is 1.78 bits per heavy atom. The Bertz CT molecular complexity index is 656. The van der Waals surface area contributed by atoms with Gasteiger partial charge < -0.3 is 15.2 Å². The zero-order valence-electron chi connectivity index (χ0n) is 12.8. The highest BCUT2D eigenvalue weighted by molar-refractivity contribution is 6.02. The van der Waals surface area contributed by atoms with Crippen molar-refractivity contribution >= 4 is 23.5 Å². The molecule has 0 aliphatic heterocycles. The predicted octanol–water partition coefficient (Wildman–Crippen LogP) is 2.16. The Morgan fingerprint density at radius 3 is 2.43 bits per heavy atom. The molecule has 1 amide bonds. The van der Waals surface area contributed by atoms with Crippen molar-refractivity contribution in [2.45, 2.75) is 19.3 Å². The van der Waals surface area contributed by atoms with Crippen molar-refractivity contribution in [2.75, 3.05) is 12.4 Å². The number of carboxylic acid groups (broad SMARTS) is 1.